The molecule has 0 aliphatic carbocycles. The van der Waals surface area contributed by atoms with Gasteiger partial charge in [0.2, 0.25) is 0 Å². The van der Waals surface area contributed by atoms with E-state index in [0.29, 0.717) is 4.88 Å². The fourth-order valence-electron chi connectivity index (χ4n) is 0.554. The molecule has 0 N–H and O–H groups in total. The average Bonchev–Trinajstić information content (AvgIpc) is 2.33. The molecule has 0 unspecified atom stereocenters. The number of thiophene rings is 1. The standard InChI is InChI=1S/C6H3NO2S/c1-2-6-5(7(8)9)3-4-10-6/h1,3-4H. The summed E-state index contributed by atoms with van der Waals surface area (Å²) in [6.07, 6.45) is 4.99. The molecule has 0 amide bonds. The highest BCUT2D eigenvalue weighted by Gasteiger charge is 2.11. The van der Waals surface area contributed by atoms with Crippen LogP contribution in [0.15, 0.2) is 11.4 Å². The van der Waals surface area contributed by atoms with Crippen LogP contribution in [-0.2, 0) is 0 Å². The molecule has 0 aliphatic rings. The fraction of sp³-hybridized carbons (Fsp3) is 0. The van der Waals surface area contributed by atoms with E-state index in [0.717, 1.165) is 0 Å². The van der Waals surface area contributed by atoms with Crippen LogP contribution in [0.25, 0.3) is 0 Å². The Morgan fingerprint density at radius 2 is 2.50 bits per heavy atom. The molecule has 3 nitrogen and oxygen atoms in total. The van der Waals surface area contributed by atoms with Crippen LogP contribution in [-0.4, -0.2) is 4.92 Å². The smallest absolute Gasteiger partial charge is 0.258 e. The zero-order chi connectivity index (χ0) is 7.56. The molecule has 1 aromatic heterocycles. The van der Waals surface area contributed by atoms with E-state index in [9.17, 15) is 10.1 Å². The summed E-state index contributed by atoms with van der Waals surface area (Å²) in [5.41, 5.74) is 0.0208. The normalized spacial score (nSPS) is 8.70. The van der Waals surface area contributed by atoms with E-state index >= 15 is 0 Å². The van der Waals surface area contributed by atoms with Crippen LogP contribution in [0.5, 0.6) is 0 Å². The molecule has 0 aromatic carbocycles. The Hall–Kier alpha value is -1.34. The number of rotatable bonds is 1. The quantitative estimate of drug-likeness (QED) is 0.349. The van der Waals surface area contributed by atoms with E-state index in [1.54, 1.807) is 5.38 Å². The lowest BCUT2D eigenvalue weighted by Gasteiger charge is -1.83. The summed E-state index contributed by atoms with van der Waals surface area (Å²) in [5, 5.41) is 11.8. The van der Waals surface area contributed by atoms with Gasteiger partial charge in [-0.25, -0.2) is 0 Å². The number of hydrogen-bond acceptors (Lipinski definition) is 3. The van der Waals surface area contributed by atoms with Crippen molar-refractivity contribution in [1.82, 2.24) is 0 Å². The Morgan fingerprint density at radius 3 is 2.90 bits per heavy atom. The van der Waals surface area contributed by atoms with Gasteiger partial charge in [-0.05, 0) is 5.38 Å². The van der Waals surface area contributed by atoms with Gasteiger partial charge in [-0.15, -0.1) is 17.8 Å². The van der Waals surface area contributed by atoms with Crippen LogP contribution in [0.1, 0.15) is 4.88 Å². The molecular formula is C6H3NO2S. The predicted molar refractivity (Wildman–Crippen MR) is 38.9 cm³/mol. The molecule has 0 radical (unpaired) electrons. The van der Waals surface area contributed by atoms with Crippen LogP contribution in [0, 0.1) is 22.5 Å². The van der Waals surface area contributed by atoms with Gasteiger partial charge < -0.3 is 0 Å². The third kappa shape index (κ3) is 0.993. The zero-order valence-corrected chi connectivity index (χ0v) is 5.72. The van der Waals surface area contributed by atoms with Crippen molar-refractivity contribution in [3.05, 3.63) is 26.4 Å². The number of terminal acetylenes is 1. The molecule has 10 heavy (non-hydrogen) atoms. The Balaban J connectivity index is 3.17. The van der Waals surface area contributed by atoms with Crippen molar-refractivity contribution in [2.24, 2.45) is 0 Å². The van der Waals surface area contributed by atoms with Crippen molar-refractivity contribution >= 4 is 17.0 Å². The fourth-order valence-corrected chi connectivity index (χ4v) is 1.22. The van der Waals surface area contributed by atoms with Crippen LogP contribution in [0.4, 0.5) is 5.69 Å². The SMILES string of the molecule is C#Cc1sccc1[N+](=O)[O-]. The molecule has 4 heteroatoms. The summed E-state index contributed by atoms with van der Waals surface area (Å²) >= 11 is 1.20. The van der Waals surface area contributed by atoms with Crippen molar-refractivity contribution in [2.75, 3.05) is 0 Å². The summed E-state index contributed by atoms with van der Waals surface area (Å²) in [6.45, 7) is 0. The second-order valence-electron chi connectivity index (χ2n) is 1.54. The van der Waals surface area contributed by atoms with E-state index in [2.05, 4.69) is 5.92 Å². The Bertz CT molecular complexity index is 297. The van der Waals surface area contributed by atoms with Crippen molar-refractivity contribution in [3.8, 4) is 12.3 Å². The number of nitro groups is 1. The van der Waals surface area contributed by atoms with Crippen molar-refractivity contribution in [2.45, 2.75) is 0 Å². The molecule has 1 rings (SSSR count). The first-order valence-corrected chi connectivity index (χ1v) is 3.32. The van der Waals surface area contributed by atoms with E-state index < -0.39 is 4.92 Å². The summed E-state index contributed by atoms with van der Waals surface area (Å²) in [4.78, 5) is 10.1. The lowest BCUT2D eigenvalue weighted by atomic mass is 10.4. The topological polar surface area (TPSA) is 43.1 Å². The first-order chi connectivity index (χ1) is 4.75. The first kappa shape index (κ1) is 6.78. The highest BCUT2D eigenvalue weighted by atomic mass is 32.1. The molecule has 0 spiro atoms. The van der Waals surface area contributed by atoms with Gasteiger partial charge in [0.15, 0.2) is 4.88 Å². The molecule has 0 saturated carbocycles. The largest absolute Gasteiger partial charge is 0.295 e. The number of hydrogen-bond donors (Lipinski definition) is 0. The Kier molecular flexibility index (Phi) is 1.69. The monoisotopic (exact) mass is 153 g/mol. The van der Waals surface area contributed by atoms with Gasteiger partial charge in [0.1, 0.15) is 0 Å². The molecule has 1 heterocycles. The minimum absolute atomic E-state index is 0.0208. The predicted octanol–water partition coefficient (Wildman–Crippen LogP) is 1.64. The Morgan fingerprint density at radius 1 is 1.80 bits per heavy atom. The summed E-state index contributed by atoms with van der Waals surface area (Å²) < 4.78 is 0. The molecule has 0 atom stereocenters. The summed E-state index contributed by atoms with van der Waals surface area (Å²) in [7, 11) is 0. The molecule has 0 bridgehead atoms. The van der Waals surface area contributed by atoms with Gasteiger partial charge >= 0.3 is 0 Å². The minimum atomic E-state index is -0.480. The summed E-state index contributed by atoms with van der Waals surface area (Å²) in [5.74, 6) is 2.23. The lowest BCUT2D eigenvalue weighted by Crippen LogP contribution is -1.86. The van der Waals surface area contributed by atoms with Gasteiger partial charge in [-0.1, -0.05) is 5.92 Å². The Labute approximate surface area is 61.5 Å². The van der Waals surface area contributed by atoms with Gasteiger partial charge in [0, 0.05) is 6.07 Å². The molecule has 0 saturated heterocycles. The van der Waals surface area contributed by atoms with Gasteiger partial charge in [0.05, 0.1) is 4.92 Å². The zero-order valence-electron chi connectivity index (χ0n) is 4.90. The lowest BCUT2D eigenvalue weighted by molar-refractivity contribution is -0.384. The molecule has 50 valence electrons. The van der Waals surface area contributed by atoms with E-state index in [1.807, 2.05) is 0 Å². The van der Waals surface area contributed by atoms with Crippen LogP contribution in [0.2, 0.25) is 0 Å². The highest BCUT2D eigenvalue weighted by molar-refractivity contribution is 7.11. The van der Waals surface area contributed by atoms with E-state index in [1.165, 1.54) is 17.4 Å². The van der Waals surface area contributed by atoms with Crippen LogP contribution < -0.4 is 0 Å². The maximum absolute atomic E-state index is 10.2. The van der Waals surface area contributed by atoms with E-state index in [-0.39, 0.29) is 5.69 Å². The van der Waals surface area contributed by atoms with Gasteiger partial charge in [-0.2, -0.15) is 0 Å². The molecule has 0 aliphatic heterocycles. The van der Waals surface area contributed by atoms with E-state index in [4.69, 9.17) is 6.42 Å². The molecule has 1 aromatic rings. The summed E-state index contributed by atoms with van der Waals surface area (Å²) in [6, 6.07) is 1.40. The highest BCUT2D eigenvalue weighted by Crippen LogP contribution is 2.22. The average molecular weight is 153 g/mol. The molecule has 0 fully saturated rings. The van der Waals surface area contributed by atoms with Crippen molar-refractivity contribution in [3.63, 3.8) is 0 Å². The second kappa shape index (κ2) is 2.50. The maximum atomic E-state index is 10.2. The third-order valence-electron chi connectivity index (χ3n) is 0.972. The second-order valence-corrected chi connectivity index (χ2v) is 2.45. The first-order valence-electron chi connectivity index (χ1n) is 2.44. The van der Waals surface area contributed by atoms with Crippen LogP contribution in [0.3, 0.4) is 0 Å². The van der Waals surface area contributed by atoms with Gasteiger partial charge in [-0.3, -0.25) is 10.1 Å². The van der Waals surface area contributed by atoms with Crippen molar-refractivity contribution in [1.29, 1.82) is 0 Å². The number of nitrogens with zero attached hydrogens (tertiary/aromatic N) is 1. The van der Waals surface area contributed by atoms with Gasteiger partial charge in [0.25, 0.3) is 5.69 Å². The molecular weight excluding hydrogens is 150 g/mol. The van der Waals surface area contributed by atoms with Crippen molar-refractivity contribution < 1.29 is 4.92 Å². The van der Waals surface area contributed by atoms with Crippen LogP contribution >= 0.6 is 11.3 Å². The maximum Gasteiger partial charge on any atom is 0.295 e. The minimum Gasteiger partial charge on any atom is -0.258 e. The third-order valence-corrected chi connectivity index (χ3v) is 1.81.